The van der Waals surface area contributed by atoms with Gasteiger partial charge >= 0.3 is 0 Å². The van der Waals surface area contributed by atoms with Crippen molar-refractivity contribution in [1.82, 2.24) is 9.97 Å². The molecule has 0 saturated heterocycles. The second kappa shape index (κ2) is 4.67. The third-order valence-electron chi connectivity index (χ3n) is 1.67. The number of furan rings is 1. The van der Waals surface area contributed by atoms with Gasteiger partial charge in [0.05, 0.1) is 5.75 Å². The molecule has 0 unspecified atom stereocenters. The number of hydrogen-bond donors (Lipinski definition) is 1. The van der Waals surface area contributed by atoms with Crippen molar-refractivity contribution in [1.29, 1.82) is 0 Å². The number of aromatic nitrogens is 2. The number of rotatable bonds is 3. The van der Waals surface area contributed by atoms with Crippen molar-refractivity contribution in [3.63, 3.8) is 0 Å². The molecule has 2 N–H and O–H groups in total. The average Bonchev–Trinajstić information content (AvgIpc) is 2.63. The number of thioether (sulfide) groups is 1. The van der Waals surface area contributed by atoms with Crippen LogP contribution in [0.5, 0.6) is 0 Å². The molecule has 6 heteroatoms. The van der Waals surface area contributed by atoms with Crippen molar-refractivity contribution in [2.24, 2.45) is 0 Å². The first-order chi connectivity index (χ1) is 7.25. The Morgan fingerprint density at radius 1 is 1.33 bits per heavy atom. The molecule has 0 aromatic carbocycles. The second-order valence-corrected chi connectivity index (χ2v) is 4.49. The normalized spacial score (nSPS) is 10.5. The van der Waals surface area contributed by atoms with Gasteiger partial charge in [-0.2, -0.15) is 0 Å². The lowest BCUT2D eigenvalue weighted by molar-refractivity contribution is 0.506. The molecule has 2 rings (SSSR count). The predicted molar refractivity (Wildman–Crippen MR) is 62.4 cm³/mol. The molecular formula is C9H8BrN3OS. The first-order valence-electron chi connectivity index (χ1n) is 4.19. The Hall–Kier alpha value is -1.01. The zero-order valence-electron chi connectivity index (χ0n) is 7.68. The molecule has 0 bridgehead atoms. The molecule has 0 saturated carbocycles. The lowest BCUT2D eigenvalue weighted by Gasteiger charge is -2.00. The lowest BCUT2D eigenvalue weighted by atomic mass is 10.5. The quantitative estimate of drug-likeness (QED) is 0.879. The van der Waals surface area contributed by atoms with Gasteiger partial charge in [-0.3, -0.25) is 0 Å². The predicted octanol–water partition coefficient (Wildman–Crippen LogP) is 2.71. The van der Waals surface area contributed by atoms with Crippen molar-refractivity contribution >= 4 is 33.5 Å². The number of nitrogens with two attached hydrogens (primary N) is 1. The minimum Gasteiger partial charge on any atom is -0.453 e. The van der Waals surface area contributed by atoms with E-state index in [2.05, 4.69) is 25.9 Å². The first kappa shape index (κ1) is 10.5. The fraction of sp³-hybridized carbons (Fsp3) is 0.111. The van der Waals surface area contributed by atoms with E-state index in [1.807, 2.05) is 12.1 Å². The summed E-state index contributed by atoms with van der Waals surface area (Å²) < 4.78 is 6.08. The van der Waals surface area contributed by atoms with Gasteiger partial charge < -0.3 is 10.2 Å². The largest absolute Gasteiger partial charge is 0.453 e. The van der Waals surface area contributed by atoms with Gasteiger partial charge in [0.1, 0.15) is 10.8 Å². The number of halogens is 1. The highest BCUT2D eigenvalue weighted by atomic mass is 79.9. The third kappa shape index (κ3) is 2.73. The molecule has 2 aromatic heterocycles. The van der Waals surface area contributed by atoms with Crippen LogP contribution in [0, 0.1) is 0 Å². The van der Waals surface area contributed by atoms with Crippen LogP contribution in [0.15, 0.2) is 38.6 Å². The molecule has 0 fully saturated rings. The second-order valence-electron chi connectivity index (χ2n) is 2.74. The highest BCUT2D eigenvalue weighted by Gasteiger charge is 2.04. The minimum atomic E-state index is 0.452. The van der Waals surface area contributed by atoms with Crippen LogP contribution in [-0.4, -0.2) is 9.97 Å². The maximum Gasteiger partial charge on any atom is 0.169 e. The molecule has 15 heavy (non-hydrogen) atoms. The summed E-state index contributed by atoms with van der Waals surface area (Å²) in [7, 11) is 0. The monoisotopic (exact) mass is 285 g/mol. The molecular weight excluding hydrogens is 278 g/mol. The van der Waals surface area contributed by atoms with Crippen LogP contribution in [0.2, 0.25) is 0 Å². The van der Waals surface area contributed by atoms with Crippen molar-refractivity contribution in [2.75, 3.05) is 5.73 Å². The standard InChI is InChI=1S/C9H8BrN3OS/c10-7-2-1-6(14-7)5-15-9-8(11)12-3-4-13-9/h1-4H,5H2,(H2,11,12). The van der Waals surface area contributed by atoms with Crippen LogP contribution in [0.3, 0.4) is 0 Å². The summed E-state index contributed by atoms with van der Waals surface area (Å²) in [5.74, 6) is 2.01. The van der Waals surface area contributed by atoms with Gasteiger partial charge in [-0.1, -0.05) is 11.8 Å². The van der Waals surface area contributed by atoms with Crippen LogP contribution in [0.25, 0.3) is 0 Å². The van der Waals surface area contributed by atoms with Gasteiger partial charge in [0.2, 0.25) is 0 Å². The Balaban J connectivity index is 2.02. The fourth-order valence-corrected chi connectivity index (χ4v) is 2.13. The molecule has 0 radical (unpaired) electrons. The number of nitrogen functional groups attached to an aromatic ring is 1. The van der Waals surface area contributed by atoms with Gasteiger partial charge in [0, 0.05) is 12.4 Å². The Bertz CT molecular complexity index is 460. The van der Waals surface area contributed by atoms with Gasteiger partial charge in [0.15, 0.2) is 10.5 Å². The van der Waals surface area contributed by atoms with Crippen LogP contribution in [0.4, 0.5) is 5.82 Å². The molecule has 4 nitrogen and oxygen atoms in total. The molecule has 0 aliphatic carbocycles. The molecule has 0 aliphatic rings. The Labute approximate surface area is 99.4 Å². The van der Waals surface area contributed by atoms with Crippen molar-refractivity contribution in [3.05, 3.63) is 35.0 Å². The van der Waals surface area contributed by atoms with E-state index < -0.39 is 0 Å². The topological polar surface area (TPSA) is 64.9 Å². The molecule has 0 atom stereocenters. The van der Waals surface area contributed by atoms with Crippen LogP contribution in [0.1, 0.15) is 5.76 Å². The molecule has 0 amide bonds. The maximum atomic E-state index is 5.66. The lowest BCUT2D eigenvalue weighted by Crippen LogP contribution is -1.94. The maximum absolute atomic E-state index is 5.66. The molecule has 78 valence electrons. The highest BCUT2D eigenvalue weighted by molar-refractivity contribution is 9.10. The summed E-state index contributed by atoms with van der Waals surface area (Å²) in [6, 6.07) is 3.76. The van der Waals surface area contributed by atoms with E-state index in [1.54, 1.807) is 12.4 Å². The van der Waals surface area contributed by atoms with Crippen LogP contribution in [-0.2, 0) is 5.75 Å². The molecule has 2 heterocycles. The van der Waals surface area contributed by atoms with E-state index >= 15 is 0 Å². The van der Waals surface area contributed by atoms with Gasteiger partial charge in [-0.15, -0.1) is 0 Å². The number of nitrogens with zero attached hydrogens (tertiary/aromatic N) is 2. The molecule has 0 aliphatic heterocycles. The summed E-state index contributed by atoms with van der Waals surface area (Å²) in [5.41, 5.74) is 5.66. The zero-order valence-corrected chi connectivity index (χ0v) is 10.1. The Kier molecular flexibility index (Phi) is 3.27. The average molecular weight is 286 g/mol. The van der Waals surface area contributed by atoms with Crippen molar-refractivity contribution < 1.29 is 4.42 Å². The van der Waals surface area contributed by atoms with Gasteiger partial charge in [-0.25, -0.2) is 9.97 Å². The molecule has 0 spiro atoms. The van der Waals surface area contributed by atoms with Gasteiger partial charge in [0.25, 0.3) is 0 Å². The van der Waals surface area contributed by atoms with E-state index in [-0.39, 0.29) is 0 Å². The summed E-state index contributed by atoms with van der Waals surface area (Å²) >= 11 is 4.74. The number of hydrogen-bond acceptors (Lipinski definition) is 5. The summed E-state index contributed by atoms with van der Waals surface area (Å²) in [5, 5.41) is 0.727. The third-order valence-corrected chi connectivity index (χ3v) is 3.11. The Morgan fingerprint density at radius 2 is 2.13 bits per heavy atom. The van der Waals surface area contributed by atoms with E-state index in [9.17, 15) is 0 Å². The smallest absolute Gasteiger partial charge is 0.169 e. The first-order valence-corrected chi connectivity index (χ1v) is 5.97. The van der Waals surface area contributed by atoms with E-state index in [4.69, 9.17) is 10.2 Å². The van der Waals surface area contributed by atoms with Gasteiger partial charge in [-0.05, 0) is 28.1 Å². The van der Waals surface area contributed by atoms with Crippen molar-refractivity contribution in [3.8, 4) is 0 Å². The van der Waals surface area contributed by atoms with E-state index in [0.29, 0.717) is 11.6 Å². The van der Waals surface area contributed by atoms with Crippen LogP contribution >= 0.6 is 27.7 Å². The van der Waals surface area contributed by atoms with Crippen molar-refractivity contribution in [2.45, 2.75) is 10.8 Å². The molecule has 2 aromatic rings. The Morgan fingerprint density at radius 3 is 2.80 bits per heavy atom. The summed E-state index contributed by atoms with van der Waals surface area (Å²) in [6.07, 6.45) is 3.19. The highest BCUT2D eigenvalue weighted by Crippen LogP contribution is 2.25. The van der Waals surface area contributed by atoms with Crippen LogP contribution < -0.4 is 5.73 Å². The summed E-state index contributed by atoms with van der Waals surface area (Å²) in [4.78, 5) is 8.07. The van der Waals surface area contributed by atoms with E-state index in [1.165, 1.54) is 11.8 Å². The summed E-state index contributed by atoms with van der Waals surface area (Å²) in [6.45, 7) is 0. The minimum absolute atomic E-state index is 0.452. The van der Waals surface area contributed by atoms with E-state index in [0.717, 1.165) is 15.5 Å². The zero-order chi connectivity index (χ0) is 10.7. The SMILES string of the molecule is Nc1nccnc1SCc1ccc(Br)o1. The fourth-order valence-electron chi connectivity index (χ4n) is 1.02. The number of anilines is 1.